The third-order valence-electron chi connectivity index (χ3n) is 4.55. The number of fused-ring (bicyclic) bond motifs is 1. The summed E-state index contributed by atoms with van der Waals surface area (Å²) in [6.45, 7) is 5.47. The summed E-state index contributed by atoms with van der Waals surface area (Å²) < 4.78 is 0. The quantitative estimate of drug-likeness (QED) is 0.923. The van der Waals surface area contributed by atoms with Gasteiger partial charge >= 0.3 is 6.03 Å². The molecule has 5 nitrogen and oxygen atoms in total. The van der Waals surface area contributed by atoms with Crippen molar-refractivity contribution in [1.82, 2.24) is 15.2 Å². The van der Waals surface area contributed by atoms with Crippen LogP contribution in [-0.2, 0) is 6.54 Å². The second-order valence-electron chi connectivity index (χ2n) is 6.41. The minimum Gasteiger partial charge on any atom is -0.372 e. The van der Waals surface area contributed by atoms with Crippen LogP contribution in [0.4, 0.5) is 10.5 Å². The highest BCUT2D eigenvalue weighted by atomic mass is 16.2. The molecule has 0 radical (unpaired) electrons. The Labute approximate surface area is 143 Å². The molecule has 1 aromatic carbocycles. The summed E-state index contributed by atoms with van der Waals surface area (Å²) >= 11 is 0. The molecule has 0 unspecified atom stereocenters. The van der Waals surface area contributed by atoms with E-state index in [0.29, 0.717) is 6.54 Å². The van der Waals surface area contributed by atoms with Crippen molar-refractivity contribution < 1.29 is 4.79 Å². The average molecular weight is 324 g/mol. The molecule has 3 rings (SSSR count). The molecular weight excluding hydrogens is 300 g/mol. The average Bonchev–Trinajstić information content (AvgIpc) is 2.72. The summed E-state index contributed by atoms with van der Waals surface area (Å²) in [6.07, 6.45) is 1.75. The van der Waals surface area contributed by atoms with Crippen LogP contribution in [0.15, 0.2) is 48.7 Å². The predicted molar refractivity (Wildman–Crippen MR) is 95.9 cm³/mol. The third kappa shape index (κ3) is 3.35. The fourth-order valence-corrected chi connectivity index (χ4v) is 3.20. The number of benzene rings is 1. The molecule has 1 aliphatic rings. The van der Waals surface area contributed by atoms with E-state index in [2.05, 4.69) is 41.3 Å². The number of anilines is 1. The molecule has 1 aliphatic heterocycles. The molecule has 0 aliphatic carbocycles. The Morgan fingerprint density at radius 3 is 2.75 bits per heavy atom. The van der Waals surface area contributed by atoms with E-state index in [9.17, 15) is 4.79 Å². The molecule has 2 atom stereocenters. The lowest BCUT2D eigenvalue weighted by molar-refractivity contribution is 0.175. The number of para-hydroxylation sites is 1. The largest absolute Gasteiger partial charge is 0.372 e. The monoisotopic (exact) mass is 324 g/mol. The maximum Gasteiger partial charge on any atom is 0.318 e. The maximum atomic E-state index is 12.8. The summed E-state index contributed by atoms with van der Waals surface area (Å²) in [7, 11) is 2.08. The number of rotatable bonds is 2. The van der Waals surface area contributed by atoms with Gasteiger partial charge < -0.3 is 15.1 Å². The van der Waals surface area contributed by atoms with Crippen LogP contribution in [0, 0.1) is 0 Å². The molecule has 2 aromatic rings. The highest BCUT2D eigenvalue weighted by molar-refractivity contribution is 5.76. The lowest BCUT2D eigenvalue weighted by atomic mass is 10.1. The van der Waals surface area contributed by atoms with E-state index >= 15 is 0 Å². The number of aromatic nitrogens is 1. The number of likely N-dealkylation sites (N-methyl/N-ethyl adjacent to an activating group) is 1. The van der Waals surface area contributed by atoms with Crippen molar-refractivity contribution in [2.24, 2.45) is 0 Å². The van der Waals surface area contributed by atoms with Gasteiger partial charge in [0.05, 0.1) is 11.7 Å². The molecule has 126 valence electrons. The van der Waals surface area contributed by atoms with Crippen LogP contribution in [0.1, 0.15) is 31.1 Å². The molecule has 0 fully saturated rings. The van der Waals surface area contributed by atoms with Gasteiger partial charge in [0.15, 0.2) is 0 Å². The molecule has 0 spiro atoms. The van der Waals surface area contributed by atoms with E-state index < -0.39 is 0 Å². The van der Waals surface area contributed by atoms with Crippen LogP contribution in [0.25, 0.3) is 0 Å². The first kappa shape index (κ1) is 16.3. The number of carbonyl (C=O) groups is 1. The van der Waals surface area contributed by atoms with Crippen LogP contribution in [-0.4, -0.2) is 35.5 Å². The van der Waals surface area contributed by atoms with E-state index in [1.165, 1.54) is 11.3 Å². The van der Waals surface area contributed by atoms with Crippen LogP contribution in [0.5, 0.6) is 0 Å². The number of pyridine rings is 1. The third-order valence-corrected chi connectivity index (χ3v) is 4.55. The summed E-state index contributed by atoms with van der Waals surface area (Å²) in [4.78, 5) is 21.3. The number of amides is 2. The van der Waals surface area contributed by atoms with Gasteiger partial charge in [0.2, 0.25) is 0 Å². The first-order valence-corrected chi connectivity index (χ1v) is 8.33. The van der Waals surface area contributed by atoms with Crippen molar-refractivity contribution in [2.45, 2.75) is 32.5 Å². The zero-order valence-electron chi connectivity index (χ0n) is 14.4. The second kappa shape index (κ2) is 6.91. The normalized spacial score (nSPS) is 18.5. The van der Waals surface area contributed by atoms with Gasteiger partial charge in [-0.1, -0.05) is 24.3 Å². The van der Waals surface area contributed by atoms with Gasteiger partial charge in [0.25, 0.3) is 0 Å². The summed E-state index contributed by atoms with van der Waals surface area (Å²) in [5.41, 5.74) is 3.23. The topological polar surface area (TPSA) is 48.5 Å². The number of hydrogen-bond donors (Lipinski definition) is 1. The van der Waals surface area contributed by atoms with Crippen molar-refractivity contribution in [3.05, 3.63) is 59.9 Å². The molecule has 1 N–H and O–H groups in total. The molecule has 2 heterocycles. The molecule has 24 heavy (non-hydrogen) atoms. The fraction of sp³-hybridized carbons (Fsp3) is 0.368. The molecule has 1 aromatic heterocycles. The first-order valence-electron chi connectivity index (χ1n) is 8.33. The van der Waals surface area contributed by atoms with Crippen LogP contribution in [0.2, 0.25) is 0 Å². The lowest BCUT2D eigenvalue weighted by Crippen LogP contribution is -2.47. The van der Waals surface area contributed by atoms with E-state index in [-0.39, 0.29) is 18.1 Å². The van der Waals surface area contributed by atoms with Gasteiger partial charge in [-0.3, -0.25) is 4.98 Å². The van der Waals surface area contributed by atoms with E-state index in [1.54, 1.807) is 6.20 Å². The van der Waals surface area contributed by atoms with Crippen molar-refractivity contribution in [3.63, 3.8) is 0 Å². The fourth-order valence-electron chi connectivity index (χ4n) is 3.20. The Morgan fingerprint density at radius 2 is 2.00 bits per heavy atom. The van der Waals surface area contributed by atoms with E-state index in [1.807, 2.05) is 42.2 Å². The Balaban J connectivity index is 1.77. The minimum atomic E-state index is -0.123. The van der Waals surface area contributed by atoms with E-state index in [0.717, 1.165) is 12.2 Å². The van der Waals surface area contributed by atoms with Gasteiger partial charge in [-0.05, 0) is 37.6 Å². The number of carbonyl (C=O) groups excluding carboxylic acids is 1. The molecule has 2 amide bonds. The maximum absolute atomic E-state index is 12.8. The van der Waals surface area contributed by atoms with Crippen molar-refractivity contribution in [2.75, 3.05) is 18.5 Å². The molecule has 0 saturated carbocycles. The Morgan fingerprint density at radius 1 is 1.25 bits per heavy atom. The standard InChI is InChI=1S/C19H24N4O/c1-14-12-22(3)18-10-5-4-8-16(18)13-23(14)19(24)21-15(2)17-9-6-7-11-20-17/h4-11,14-15H,12-13H2,1-3H3,(H,21,24)/t14-,15+/m0/s1. The van der Waals surface area contributed by atoms with E-state index in [4.69, 9.17) is 0 Å². The molecule has 0 saturated heterocycles. The van der Waals surface area contributed by atoms with Crippen LogP contribution >= 0.6 is 0 Å². The minimum absolute atomic E-state index is 0.0502. The molecule has 0 bridgehead atoms. The number of hydrogen-bond acceptors (Lipinski definition) is 3. The van der Waals surface area contributed by atoms with Gasteiger partial charge in [0.1, 0.15) is 0 Å². The van der Waals surface area contributed by atoms with Gasteiger partial charge in [-0.15, -0.1) is 0 Å². The zero-order valence-corrected chi connectivity index (χ0v) is 14.4. The number of nitrogens with one attached hydrogen (secondary N) is 1. The summed E-state index contributed by atoms with van der Waals surface area (Å²) in [6, 6.07) is 14.0. The highest BCUT2D eigenvalue weighted by Crippen LogP contribution is 2.26. The van der Waals surface area contributed by atoms with Gasteiger partial charge in [-0.25, -0.2) is 4.79 Å². The SMILES string of the molecule is C[C@@H](NC(=O)N1Cc2ccccc2N(C)C[C@@H]1C)c1ccccn1. The Hall–Kier alpha value is -2.56. The smallest absolute Gasteiger partial charge is 0.318 e. The number of nitrogens with zero attached hydrogens (tertiary/aromatic N) is 3. The van der Waals surface area contributed by atoms with Crippen molar-refractivity contribution in [1.29, 1.82) is 0 Å². The van der Waals surface area contributed by atoms with Crippen molar-refractivity contribution in [3.8, 4) is 0 Å². The zero-order chi connectivity index (χ0) is 17.1. The van der Waals surface area contributed by atoms with Crippen molar-refractivity contribution >= 4 is 11.7 Å². The second-order valence-corrected chi connectivity index (χ2v) is 6.41. The molecular formula is C19H24N4O. The Bertz CT molecular complexity index is 704. The predicted octanol–water partition coefficient (Wildman–Crippen LogP) is 3.19. The summed E-state index contributed by atoms with van der Waals surface area (Å²) in [5.74, 6) is 0. The van der Waals surface area contributed by atoms with Gasteiger partial charge in [-0.2, -0.15) is 0 Å². The lowest BCUT2D eigenvalue weighted by Gasteiger charge is -2.29. The summed E-state index contributed by atoms with van der Waals surface area (Å²) in [5, 5.41) is 3.08. The van der Waals surface area contributed by atoms with Crippen LogP contribution < -0.4 is 10.2 Å². The van der Waals surface area contributed by atoms with Crippen LogP contribution in [0.3, 0.4) is 0 Å². The first-order chi connectivity index (χ1) is 11.6. The van der Waals surface area contributed by atoms with Gasteiger partial charge in [0, 0.05) is 38.1 Å². The Kier molecular flexibility index (Phi) is 4.69. The molecule has 5 heteroatoms. The highest BCUT2D eigenvalue weighted by Gasteiger charge is 2.27. The number of urea groups is 1.